The molecule has 0 amide bonds. The van der Waals surface area contributed by atoms with Gasteiger partial charge in [0.15, 0.2) is 0 Å². The molecule has 5 heteroatoms. The zero-order valence-electron chi connectivity index (χ0n) is 10.2. The number of hydrogen-bond donors (Lipinski definition) is 1. The third-order valence-corrected chi connectivity index (χ3v) is 2.43. The van der Waals surface area contributed by atoms with E-state index in [1.165, 1.54) is 6.07 Å². The Morgan fingerprint density at radius 2 is 1.89 bits per heavy atom. The zero-order valence-corrected chi connectivity index (χ0v) is 10.2. The molecule has 0 saturated carbocycles. The van der Waals surface area contributed by atoms with Crippen LogP contribution in [0, 0.1) is 25.5 Å². The highest BCUT2D eigenvalue weighted by Gasteiger charge is 2.04. The molecule has 1 aromatic heterocycles. The number of benzene rings is 1. The lowest BCUT2D eigenvalue weighted by molar-refractivity contribution is 0.587. The van der Waals surface area contributed by atoms with Crippen molar-refractivity contribution in [3.8, 4) is 0 Å². The van der Waals surface area contributed by atoms with Crippen LogP contribution >= 0.6 is 0 Å². The van der Waals surface area contributed by atoms with Gasteiger partial charge in [-0.1, -0.05) is 0 Å². The minimum absolute atomic E-state index is 0.180. The topological polar surface area (TPSA) is 37.8 Å². The van der Waals surface area contributed by atoms with E-state index in [1.807, 2.05) is 6.92 Å². The van der Waals surface area contributed by atoms with E-state index in [-0.39, 0.29) is 12.1 Å². The maximum Gasteiger partial charge on any atom is 0.130 e. The van der Waals surface area contributed by atoms with E-state index in [0.717, 1.165) is 17.8 Å². The fourth-order valence-corrected chi connectivity index (χ4v) is 1.67. The summed E-state index contributed by atoms with van der Waals surface area (Å²) in [6.45, 7) is 3.81. The van der Waals surface area contributed by atoms with Crippen LogP contribution in [-0.2, 0) is 6.54 Å². The maximum atomic E-state index is 13.4. The Bertz CT molecular complexity index is 550. The van der Waals surface area contributed by atoms with Crippen molar-refractivity contribution in [1.29, 1.82) is 0 Å². The van der Waals surface area contributed by atoms with E-state index < -0.39 is 11.6 Å². The Balaban J connectivity index is 2.13. The van der Waals surface area contributed by atoms with E-state index in [2.05, 4.69) is 15.3 Å². The van der Waals surface area contributed by atoms with Gasteiger partial charge in [-0.05, 0) is 32.0 Å². The molecule has 18 heavy (non-hydrogen) atoms. The number of halogens is 2. The lowest BCUT2D eigenvalue weighted by Gasteiger charge is -2.08. The molecule has 1 N–H and O–H groups in total. The second-order valence-corrected chi connectivity index (χ2v) is 4.03. The number of aromatic nitrogens is 2. The smallest absolute Gasteiger partial charge is 0.130 e. The molecule has 0 unspecified atom stereocenters. The second-order valence-electron chi connectivity index (χ2n) is 4.03. The van der Waals surface area contributed by atoms with Crippen LogP contribution < -0.4 is 5.32 Å². The first kappa shape index (κ1) is 12.4. The predicted molar refractivity (Wildman–Crippen MR) is 65.2 cm³/mol. The molecular weight excluding hydrogens is 236 g/mol. The zero-order chi connectivity index (χ0) is 13.1. The number of nitrogens with zero attached hydrogens (tertiary/aromatic N) is 2. The predicted octanol–water partition coefficient (Wildman–Crippen LogP) is 2.98. The molecule has 0 fully saturated rings. The summed E-state index contributed by atoms with van der Waals surface area (Å²) in [5.74, 6) is 0.343. The quantitative estimate of drug-likeness (QED) is 0.908. The molecular formula is C13H13F2N3. The van der Waals surface area contributed by atoms with Gasteiger partial charge < -0.3 is 5.32 Å². The van der Waals surface area contributed by atoms with Crippen LogP contribution in [0.4, 0.5) is 14.6 Å². The van der Waals surface area contributed by atoms with Crippen LogP contribution in [0.5, 0.6) is 0 Å². The lowest BCUT2D eigenvalue weighted by atomic mass is 10.2. The molecule has 2 rings (SSSR count). The van der Waals surface area contributed by atoms with Gasteiger partial charge in [0.25, 0.3) is 0 Å². The number of rotatable bonds is 3. The highest BCUT2D eigenvalue weighted by molar-refractivity contribution is 5.37. The Kier molecular flexibility index (Phi) is 3.50. The third kappa shape index (κ3) is 3.00. The highest BCUT2D eigenvalue weighted by Crippen LogP contribution is 2.12. The van der Waals surface area contributed by atoms with Gasteiger partial charge in [0.2, 0.25) is 0 Å². The van der Waals surface area contributed by atoms with Crippen molar-refractivity contribution in [1.82, 2.24) is 9.97 Å². The fourth-order valence-electron chi connectivity index (χ4n) is 1.67. The van der Waals surface area contributed by atoms with E-state index in [1.54, 1.807) is 13.0 Å². The summed E-state index contributed by atoms with van der Waals surface area (Å²) >= 11 is 0. The second kappa shape index (κ2) is 5.08. The van der Waals surface area contributed by atoms with Gasteiger partial charge in [-0.25, -0.2) is 18.7 Å². The summed E-state index contributed by atoms with van der Waals surface area (Å²) in [6, 6.07) is 5.13. The summed E-state index contributed by atoms with van der Waals surface area (Å²) in [4.78, 5) is 8.30. The summed E-state index contributed by atoms with van der Waals surface area (Å²) in [7, 11) is 0. The SMILES string of the molecule is Cc1cc(NCc2cc(F)ccc2F)nc(C)n1. The highest BCUT2D eigenvalue weighted by atomic mass is 19.1. The van der Waals surface area contributed by atoms with Gasteiger partial charge in [-0.2, -0.15) is 0 Å². The molecule has 0 bridgehead atoms. The minimum Gasteiger partial charge on any atom is -0.366 e. The molecule has 0 aliphatic heterocycles. The van der Waals surface area contributed by atoms with Crippen molar-refractivity contribution in [2.75, 3.05) is 5.32 Å². The molecule has 0 aliphatic carbocycles. The molecule has 1 aromatic carbocycles. The fraction of sp³-hybridized carbons (Fsp3) is 0.231. The van der Waals surface area contributed by atoms with Crippen molar-refractivity contribution >= 4 is 5.82 Å². The Morgan fingerprint density at radius 3 is 2.61 bits per heavy atom. The maximum absolute atomic E-state index is 13.4. The van der Waals surface area contributed by atoms with Crippen LogP contribution in [0.25, 0.3) is 0 Å². The van der Waals surface area contributed by atoms with E-state index in [0.29, 0.717) is 11.6 Å². The molecule has 0 aliphatic rings. The summed E-state index contributed by atoms with van der Waals surface area (Å²) < 4.78 is 26.4. The van der Waals surface area contributed by atoms with Gasteiger partial charge >= 0.3 is 0 Å². The first-order valence-corrected chi connectivity index (χ1v) is 5.54. The first-order chi connectivity index (χ1) is 8.54. The van der Waals surface area contributed by atoms with Crippen LogP contribution in [0.15, 0.2) is 24.3 Å². The third-order valence-electron chi connectivity index (χ3n) is 2.43. The van der Waals surface area contributed by atoms with Crippen molar-refractivity contribution in [2.45, 2.75) is 20.4 Å². The van der Waals surface area contributed by atoms with Gasteiger partial charge in [0.1, 0.15) is 23.3 Å². The van der Waals surface area contributed by atoms with Crippen molar-refractivity contribution < 1.29 is 8.78 Å². The summed E-state index contributed by atoms with van der Waals surface area (Å²) in [5, 5.41) is 2.95. The van der Waals surface area contributed by atoms with Crippen LogP contribution in [0.3, 0.4) is 0 Å². The number of anilines is 1. The Labute approximate surface area is 104 Å². The minimum atomic E-state index is -0.455. The van der Waals surface area contributed by atoms with Crippen LogP contribution in [0.1, 0.15) is 17.1 Å². The van der Waals surface area contributed by atoms with Crippen molar-refractivity contribution in [3.63, 3.8) is 0 Å². The van der Waals surface area contributed by atoms with Gasteiger partial charge in [-0.15, -0.1) is 0 Å². The van der Waals surface area contributed by atoms with E-state index in [9.17, 15) is 8.78 Å². The van der Waals surface area contributed by atoms with E-state index >= 15 is 0 Å². The lowest BCUT2D eigenvalue weighted by Crippen LogP contribution is -2.05. The number of hydrogen-bond acceptors (Lipinski definition) is 3. The van der Waals surface area contributed by atoms with E-state index in [4.69, 9.17) is 0 Å². The summed E-state index contributed by atoms with van der Waals surface area (Å²) in [5.41, 5.74) is 1.09. The number of nitrogens with one attached hydrogen (secondary N) is 1. The average Bonchev–Trinajstić information content (AvgIpc) is 2.29. The standard InChI is InChI=1S/C13H13F2N3/c1-8-5-13(18-9(2)17-8)16-7-10-6-11(14)3-4-12(10)15/h3-6H,7H2,1-2H3,(H,16,17,18). The molecule has 2 aromatic rings. The number of aryl methyl sites for hydroxylation is 2. The molecule has 0 radical (unpaired) electrons. The first-order valence-electron chi connectivity index (χ1n) is 5.54. The largest absolute Gasteiger partial charge is 0.366 e. The molecule has 0 spiro atoms. The normalized spacial score (nSPS) is 10.4. The van der Waals surface area contributed by atoms with Gasteiger partial charge in [0, 0.05) is 23.9 Å². The van der Waals surface area contributed by atoms with Crippen LogP contribution in [0.2, 0.25) is 0 Å². The molecule has 1 heterocycles. The molecule has 94 valence electrons. The van der Waals surface area contributed by atoms with Crippen molar-refractivity contribution in [3.05, 3.63) is 53.0 Å². The molecule has 3 nitrogen and oxygen atoms in total. The van der Waals surface area contributed by atoms with Gasteiger partial charge in [-0.3, -0.25) is 0 Å². The Morgan fingerprint density at radius 1 is 1.11 bits per heavy atom. The van der Waals surface area contributed by atoms with Gasteiger partial charge in [0.05, 0.1) is 0 Å². The summed E-state index contributed by atoms with van der Waals surface area (Å²) in [6.07, 6.45) is 0. The van der Waals surface area contributed by atoms with Crippen LogP contribution in [-0.4, -0.2) is 9.97 Å². The average molecular weight is 249 g/mol. The monoisotopic (exact) mass is 249 g/mol. The Hall–Kier alpha value is -2.04. The molecule has 0 atom stereocenters. The molecule has 0 saturated heterocycles. The van der Waals surface area contributed by atoms with Crippen molar-refractivity contribution in [2.24, 2.45) is 0 Å².